The van der Waals surface area contributed by atoms with E-state index in [1.807, 2.05) is 37.2 Å². The van der Waals surface area contributed by atoms with Crippen molar-refractivity contribution in [3.8, 4) is 0 Å². The first-order chi connectivity index (χ1) is 11.4. The van der Waals surface area contributed by atoms with Gasteiger partial charge in [0, 0.05) is 38.1 Å². The Morgan fingerprint density at radius 2 is 2.08 bits per heavy atom. The predicted molar refractivity (Wildman–Crippen MR) is 102 cm³/mol. The molecule has 0 saturated carbocycles. The fourth-order valence-corrected chi connectivity index (χ4v) is 2.02. The van der Waals surface area contributed by atoms with Crippen molar-refractivity contribution in [3.05, 3.63) is 11.6 Å². The van der Waals surface area contributed by atoms with Crippen molar-refractivity contribution in [1.29, 1.82) is 0 Å². The molecule has 1 aromatic heterocycles. The summed E-state index contributed by atoms with van der Waals surface area (Å²) in [5, 5.41) is 15.0. The number of rotatable bonds is 10. The van der Waals surface area contributed by atoms with Crippen molar-refractivity contribution in [3.63, 3.8) is 0 Å². The summed E-state index contributed by atoms with van der Waals surface area (Å²) in [6, 6.07) is 0. The van der Waals surface area contributed by atoms with Gasteiger partial charge in [-0.15, -0.1) is 10.2 Å². The van der Waals surface area contributed by atoms with E-state index >= 15 is 0 Å². The van der Waals surface area contributed by atoms with Crippen LogP contribution in [0.4, 0.5) is 0 Å². The van der Waals surface area contributed by atoms with Gasteiger partial charge in [-0.1, -0.05) is 0 Å². The SMILES string of the molecule is CCOCCCNC(=NCc1nnc(C)n1C)NCC(C)(C)SC. The lowest BCUT2D eigenvalue weighted by molar-refractivity contribution is 0.145. The summed E-state index contributed by atoms with van der Waals surface area (Å²) >= 11 is 1.83. The van der Waals surface area contributed by atoms with Crippen LogP contribution in [0.25, 0.3) is 0 Å². The monoisotopic (exact) mass is 356 g/mol. The highest BCUT2D eigenvalue weighted by atomic mass is 32.2. The molecule has 0 aliphatic rings. The van der Waals surface area contributed by atoms with Gasteiger partial charge >= 0.3 is 0 Å². The number of nitrogens with one attached hydrogen (secondary N) is 2. The van der Waals surface area contributed by atoms with E-state index in [1.54, 1.807) is 0 Å². The quantitative estimate of drug-likeness (QED) is 0.378. The normalized spacial score (nSPS) is 12.5. The summed E-state index contributed by atoms with van der Waals surface area (Å²) in [5.74, 6) is 2.55. The number of ether oxygens (including phenoxy) is 1. The molecule has 0 unspecified atom stereocenters. The fourth-order valence-electron chi connectivity index (χ4n) is 1.81. The van der Waals surface area contributed by atoms with E-state index in [1.165, 1.54) is 0 Å². The molecular weight excluding hydrogens is 324 g/mol. The van der Waals surface area contributed by atoms with E-state index < -0.39 is 0 Å². The Morgan fingerprint density at radius 3 is 2.67 bits per heavy atom. The third kappa shape index (κ3) is 7.53. The average Bonchev–Trinajstić information content (AvgIpc) is 2.88. The zero-order chi connectivity index (χ0) is 18.0. The van der Waals surface area contributed by atoms with E-state index in [9.17, 15) is 0 Å². The van der Waals surface area contributed by atoms with E-state index in [4.69, 9.17) is 4.74 Å². The molecule has 1 rings (SSSR count). The van der Waals surface area contributed by atoms with Crippen LogP contribution in [0, 0.1) is 6.92 Å². The third-order valence-electron chi connectivity index (χ3n) is 3.76. The van der Waals surface area contributed by atoms with Crippen molar-refractivity contribution in [2.45, 2.75) is 45.4 Å². The van der Waals surface area contributed by atoms with Crippen molar-refractivity contribution < 1.29 is 4.74 Å². The topological polar surface area (TPSA) is 76.4 Å². The summed E-state index contributed by atoms with van der Waals surface area (Å²) in [5.41, 5.74) is 0. The van der Waals surface area contributed by atoms with Gasteiger partial charge < -0.3 is 19.9 Å². The third-order valence-corrected chi connectivity index (χ3v) is 5.01. The second kappa shape index (κ2) is 10.6. The Kier molecular flexibility index (Phi) is 9.13. The van der Waals surface area contributed by atoms with E-state index in [0.717, 1.165) is 50.3 Å². The van der Waals surface area contributed by atoms with Crippen molar-refractivity contribution in [1.82, 2.24) is 25.4 Å². The number of hydrogen-bond donors (Lipinski definition) is 2. The Balaban J connectivity index is 2.61. The molecule has 0 atom stereocenters. The maximum absolute atomic E-state index is 5.37. The second-order valence-electron chi connectivity index (χ2n) is 6.18. The summed E-state index contributed by atoms with van der Waals surface area (Å²) in [7, 11) is 1.96. The van der Waals surface area contributed by atoms with E-state index in [-0.39, 0.29) is 4.75 Å². The van der Waals surface area contributed by atoms with Crippen LogP contribution in [0.15, 0.2) is 4.99 Å². The molecule has 2 N–H and O–H groups in total. The highest BCUT2D eigenvalue weighted by molar-refractivity contribution is 7.99. The number of aryl methyl sites for hydroxylation is 1. The van der Waals surface area contributed by atoms with E-state index in [2.05, 4.69) is 45.9 Å². The lowest BCUT2D eigenvalue weighted by atomic mass is 10.2. The number of nitrogens with zero attached hydrogens (tertiary/aromatic N) is 4. The number of aromatic nitrogens is 3. The highest BCUT2D eigenvalue weighted by Crippen LogP contribution is 2.19. The molecule has 0 aliphatic carbocycles. The summed E-state index contributed by atoms with van der Waals surface area (Å²) in [4.78, 5) is 4.64. The second-order valence-corrected chi connectivity index (χ2v) is 7.70. The van der Waals surface area contributed by atoms with Gasteiger partial charge in [0.25, 0.3) is 0 Å². The molecule has 1 aromatic rings. The van der Waals surface area contributed by atoms with Gasteiger partial charge in [-0.25, -0.2) is 4.99 Å². The first kappa shape index (κ1) is 20.8. The minimum Gasteiger partial charge on any atom is -0.382 e. The average molecular weight is 357 g/mol. The number of thioether (sulfide) groups is 1. The van der Waals surface area contributed by atoms with Crippen LogP contribution in [0.2, 0.25) is 0 Å². The zero-order valence-electron chi connectivity index (χ0n) is 15.8. The highest BCUT2D eigenvalue weighted by Gasteiger charge is 2.16. The number of aliphatic imine (C=N–C) groups is 1. The minimum absolute atomic E-state index is 0.148. The van der Waals surface area contributed by atoms with Crippen LogP contribution in [-0.2, 0) is 18.3 Å². The molecule has 8 heteroatoms. The molecule has 138 valence electrons. The molecular formula is C16H32N6OS. The first-order valence-electron chi connectivity index (χ1n) is 8.39. The molecule has 0 bridgehead atoms. The Labute approximate surface area is 150 Å². The molecule has 0 fully saturated rings. The largest absolute Gasteiger partial charge is 0.382 e. The zero-order valence-corrected chi connectivity index (χ0v) is 16.7. The van der Waals surface area contributed by atoms with Crippen LogP contribution in [0.3, 0.4) is 0 Å². The first-order valence-corrected chi connectivity index (χ1v) is 9.62. The van der Waals surface area contributed by atoms with Crippen LogP contribution < -0.4 is 10.6 Å². The molecule has 0 saturated heterocycles. The van der Waals surface area contributed by atoms with Crippen molar-refractivity contribution in [2.24, 2.45) is 12.0 Å². The predicted octanol–water partition coefficient (Wildman–Crippen LogP) is 1.73. The van der Waals surface area contributed by atoms with Gasteiger partial charge in [-0.05, 0) is 40.4 Å². The molecule has 0 radical (unpaired) electrons. The lowest BCUT2D eigenvalue weighted by Crippen LogP contribution is -2.43. The number of guanidine groups is 1. The van der Waals surface area contributed by atoms with Crippen molar-refractivity contribution >= 4 is 17.7 Å². The van der Waals surface area contributed by atoms with Gasteiger partial charge in [0.1, 0.15) is 12.4 Å². The van der Waals surface area contributed by atoms with E-state index in [0.29, 0.717) is 6.54 Å². The summed E-state index contributed by atoms with van der Waals surface area (Å²) in [6.07, 6.45) is 3.07. The molecule has 1 heterocycles. The molecule has 0 aromatic carbocycles. The van der Waals surface area contributed by atoms with Crippen LogP contribution in [-0.4, -0.2) is 58.0 Å². The van der Waals surface area contributed by atoms with Crippen molar-refractivity contribution in [2.75, 3.05) is 32.6 Å². The van der Waals surface area contributed by atoms with Crippen LogP contribution in [0.1, 0.15) is 38.8 Å². The number of hydrogen-bond acceptors (Lipinski definition) is 5. The van der Waals surface area contributed by atoms with Gasteiger partial charge in [-0.2, -0.15) is 11.8 Å². The summed E-state index contributed by atoms with van der Waals surface area (Å²) < 4.78 is 7.48. The molecule has 7 nitrogen and oxygen atoms in total. The van der Waals surface area contributed by atoms with Gasteiger partial charge in [0.2, 0.25) is 0 Å². The smallest absolute Gasteiger partial charge is 0.191 e. The maximum atomic E-state index is 5.37. The summed E-state index contributed by atoms with van der Waals surface area (Å²) in [6.45, 7) is 12.0. The Hall–Kier alpha value is -1.28. The van der Waals surface area contributed by atoms with Crippen LogP contribution in [0.5, 0.6) is 0 Å². The fraction of sp³-hybridized carbons (Fsp3) is 0.812. The van der Waals surface area contributed by atoms with Gasteiger partial charge in [0.05, 0.1) is 0 Å². The Morgan fingerprint density at radius 1 is 1.33 bits per heavy atom. The minimum atomic E-state index is 0.148. The van der Waals surface area contributed by atoms with Gasteiger partial charge in [-0.3, -0.25) is 0 Å². The lowest BCUT2D eigenvalue weighted by Gasteiger charge is -2.24. The molecule has 24 heavy (non-hydrogen) atoms. The molecule has 0 amide bonds. The standard InChI is InChI=1S/C16H32N6OS/c1-7-23-10-8-9-17-15(19-12-16(3,4)24-6)18-11-14-21-20-13(2)22(14)5/h7-12H2,1-6H3,(H2,17,18,19). The molecule has 0 aliphatic heterocycles. The Bertz CT molecular complexity index is 515. The van der Waals surface area contributed by atoms with Gasteiger partial charge in [0.15, 0.2) is 11.8 Å². The molecule has 0 spiro atoms. The maximum Gasteiger partial charge on any atom is 0.191 e. The van der Waals surface area contributed by atoms with Crippen LogP contribution >= 0.6 is 11.8 Å².